The van der Waals surface area contributed by atoms with Crippen molar-refractivity contribution in [3.63, 3.8) is 0 Å². The first kappa shape index (κ1) is 20.6. The summed E-state index contributed by atoms with van der Waals surface area (Å²) in [6.45, 7) is 3.97. The molecule has 134 valence electrons. The fourth-order valence-corrected chi connectivity index (χ4v) is 2.35. The summed E-state index contributed by atoms with van der Waals surface area (Å²) in [5.41, 5.74) is 0.875. The number of hydrogen-bond donors (Lipinski definition) is 3. The fraction of sp³-hybridized carbons (Fsp3) is 0.562. The minimum atomic E-state index is -0.0785. The predicted octanol–water partition coefficient (Wildman–Crippen LogP) is 1.68. The second-order valence-corrected chi connectivity index (χ2v) is 5.48. The van der Waals surface area contributed by atoms with Gasteiger partial charge in [-0.2, -0.15) is 0 Å². The molecule has 1 fully saturated rings. The Balaban J connectivity index is 0.00000288. The van der Waals surface area contributed by atoms with Gasteiger partial charge in [0.25, 0.3) is 0 Å². The first-order valence-electron chi connectivity index (χ1n) is 7.97. The van der Waals surface area contributed by atoms with E-state index in [1.807, 2.05) is 19.1 Å². The van der Waals surface area contributed by atoms with Crippen LogP contribution < -0.4 is 16.0 Å². The maximum Gasteiger partial charge on any atom is 0.227 e. The zero-order valence-electron chi connectivity index (χ0n) is 14.2. The zero-order chi connectivity index (χ0) is 16.5. The highest BCUT2D eigenvalue weighted by atomic mass is 127. The van der Waals surface area contributed by atoms with E-state index in [0.29, 0.717) is 24.7 Å². The van der Waals surface area contributed by atoms with Gasteiger partial charge in [0.15, 0.2) is 5.96 Å². The number of pyridine rings is 1. The molecule has 1 aromatic rings. The molecule has 0 bridgehead atoms. The summed E-state index contributed by atoms with van der Waals surface area (Å²) in [5, 5.41) is 9.12. The van der Waals surface area contributed by atoms with E-state index in [9.17, 15) is 4.79 Å². The van der Waals surface area contributed by atoms with Crippen LogP contribution in [0.5, 0.6) is 0 Å². The highest BCUT2D eigenvalue weighted by Gasteiger charge is 2.15. The molecule has 1 amide bonds. The monoisotopic (exact) mass is 447 g/mol. The van der Waals surface area contributed by atoms with Gasteiger partial charge in [-0.15, -0.1) is 24.0 Å². The van der Waals surface area contributed by atoms with Crippen molar-refractivity contribution in [2.75, 3.05) is 32.1 Å². The molecule has 2 rings (SSSR count). The average molecular weight is 447 g/mol. The molecule has 0 aromatic carbocycles. The quantitative estimate of drug-likeness (QED) is 0.351. The third-order valence-corrected chi connectivity index (χ3v) is 3.55. The van der Waals surface area contributed by atoms with Gasteiger partial charge in [0.1, 0.15) is 5.82 Å². The summed E-state index contributed by atoms with van der Waals surface area (Å²) in [6, 6.07) is 5.54. The van der Waals surface area contributed by atoms with Crippen LogP contribution in [-0.4, -0.2) is 49.7 Å². The molecule has 24 heavy (non-hydrogen) atoms. The van der Waals surface area contributed by atoms with Crippen LogP contribution in [0.2, 0.25) is 0 Å². The Hall–Kier alpha value is -1.42. The number of guanidine groups is 1. The summed E-state index contributed by atoms with van der Waals surface area (Å²) in [7, 11) is 1.71. The van der Waals surface area contributed by atoms with Crippen LogP contribution in [-0.2, 0) is 9.53 Å². The van der Waals surface area contributed by atoms with Crippen LogP contribution in [0, 0.1) is 6.92 Å². The third kappa shape index (κ3) is 7.43. The summed E-state index contributed by atoms with van der Waals surface area (Å²) in [6.07, 6.45) is 2.79. The van der Waals surface area contributed by atoms with Gasteiger partial charge in [-0.25, -0.2) is 4.98 Å². The Morgan fingerprint density at radius 1 is 1.42 bits per heavy atom. The largest absolute Gasteiger partial charge is 0.376 e. The van der Waals surface area contributed by atoms with E-state index in [-0.39, 0.29) is 36.0 Å². The molecule has 1 aliphatic heterocycles. The van der Waals surface area contributed by atoms with Crippen LogP contribution in [0.4, 0.5) is 5.82 Å². The van der Waals surface area contributed by atoms with Gasteiger partial charge in [0, 0.05) is 38.9 Å². The second-order valence-electron chi connectivity index (χ2n) is 5.48. The molecule has 1 unspecified atom stereocenters. The first-order valence-corrected chi connectivity index (χ1v) is 7.97. The van der Waals surface area contributed by atoms with Crippen LogP contribution in [0.25, 0.3) is 0 Å². The molecular formula is C16H26IN5O2. The lowest BCUT2D eigenvalue weighted by Gasteiger charge is -2.14. The molecule has 3 N–H and O–H groups in total. The lowest BCUT2D eigenvalue weighted by atomic mass is 10.2. The molecule has 1 saturated heterocycles. The molecule has 1 aliphatic rings. The van der Waals surface area contributed by atoms with Crippen molar-refractivity contribution in [2.24, 2.45) is 4.99 Å². The lowest BCUT2D eigenvalue weighted by molar-refractivity contribution is -0.116. The van der Waals surface area contributed by atoms with Gasteiger partial charge in [-0.1, -0.05) is 6.07 Å². The lowest BCUT2D eigenvalue weighted by Crippen LogP contribution is -2.41. The predicted molar refractivity (Wildman–Crippen MR) is 106 cm³/mol. The molecule has 0 aliphatic carbocycles. The number of carbonyl (C=O) groups is 1. The highest BCUT2D eigenvalue weighted by Crippen LogP contribution is 2.10. The molecule has 0 saturated carbocycles. The minimum Gasteiger partial charge on any atom is -0.376 e. The van der Waals surface area contributed by atoms with Gasteiger partial charge in [-0.3, -0.25) is 9.79 Å². The van der Waals surface area contributed by atoms with Crippen molar-refractivity contribution >= 4 is 41.7 Å². The van der Waals surface area contributed by atoms with Crippen LogP contribution in [0.3, 0.4) is 0 Å². The number of ether oxygens (including phenoxy) is 1. The van der Waals surface area contributed by atoms with Crippen molar-refractivity contribution in [1.82, 2.24) is 15.6 Å². The highest BCUT2D eigenvalue weighted by molar-refractivity contribution is 14.0. The van der Waals surface area contributed by atoms with E-state index in [1.165, 1.54) is 0 Å². The number of anilines is 1. The second kappa shape index (κ2) is 11.2. The van der Waals surface area contributed by atoms with Gasteiger partial charge >= 0.3 is 0 Å². The number of nitrogens with one attached hydrogen (secondary N) is 3. The third-order valence-electron chi connectivity index (χ3n) is 3.55. The molecule has 1 atom stereocenters. The van der Waals surface area contributed by atoms with Crippen molar-refractivity contribution in [2.45, 2.75) is 32.3 Å². The summed E-state index contributed by atoms with van der Waals surface area (Å²) >= 11 is 0. The molecule has 0 spiro atoms. The minimum absolute atomic E-state index is 0. The van der Waals surface area contributed by atoms with Crippen LogP contribution in [0.1, 0.15) is 25.0 Å². The number of hydrogen-bond acceptors (Lipinski definition) is 4. The van der Waals surface area contributed by atoms with E-state index in [4.69, 9.17) is 4.74 Å². The number of aromatic nitrogens is 1. The van der Waals surface area contributed by atoms with E-state index in [1.54, 1.807) is 13.1 Å². The Bertz CT molecular complexity index is 547. The number of halogens is 1. The molecular weight excluding hydrogens is 421 g/mol. The molecule has 8 heteroatoms. The number of carbonyl (C=O) groups excluding carboxylic acids is 1. The topological polar surface area (TPSA) is 87.6 Å². The normalized spacial score (nSPS) is 17.1. The van der Waals surface area contributed by atoms with E-state index in [0.717, 1.165) is 31.7 Å². The Morgan fingerprint density at radius 2 is 2.25 bits per heavy atom. The number of rotatable bonds is 6. The van der Waals surface area contributed by atoms with Gasteiger partial charge < -0.3 is 20.7 Å². The molecule has 2 heterocycles. The van der Waals surface area contributed by atoms with Gasteiger partial charge in [0.2, 0.25) is 5.91 Å². The van der Waals surface area contributed by atoms with Gasteiger partial charge in [0.05, 0.1) is 6.10 Å². The Kier molecular flexibility index (Phi) is 9.62. The Labute approximate surface area is 160 Å². The zero-order valence-corrected chi connectivity index (χ0v) is 16.5. The smallest absolute Gasteiger partial charge is 0.227 e. The van der Waals surface area contributed by atoms with Gasteiger partial charge in [-0.05, 0) is 31.9 Å². The van der Waals surface area contributed by atoms with E-state index >= 15 is 0 Å². The average Bonchev–Trinajstić information content (AvgIpc) is 3.04. The Morgan fingerprint density at radius 3 is 2.92 bits per heavy atom. The van der Waals surface area contributed by atoms with Crippen molar-refractivity contribution in [3.8, 4) is 0 Å². The summed E-state index contributed by atoms with van der Waals surface area (Å²) in [4.78, 5) is 20.3. The SMILES string of the molecule is CN=C(NCCC(=O)Nc1cccc(C)n1)NCC1CCCO1.I. The number of amides is 1. The maximum absolute atomic E-state index is 11.9. The standard InChI is InChI=1S/C16H25N5O2.HI/c1-12-5-3-7-14(20-12)21-15(22)8-9-18-16(17-2)19-11-13-6-4-10-23-13;/h3,5,7,13H,4,6,8-11H2,1-2H3,(H2,17,18,19)(H,20,21,22);1H. The van der Waals surface area contributed by atoms with Crippen molar-refractivity contribution in [1.29, 1.82) is 0 Å². The van der Waals surface area contributed by atoms with E-state index < -0.39 is 0 Å². The van der Waals surface area contributed by atoms with Crippen molar-refractivity contribution < 1.29 is 9.53 Å². The van der Waals surface area contributed by atoms with Crippen LogP contribution in [0.15, 0.2) is 23.2 Å². The van der Waals surface area contributed by atoms with Crippen molar-refractivity contribution in [3.05, 3.63) is 23.9 Å². The number of aliphatic imine (C=N–C) groups is 1. The summed E-state index contributed by atoms with van der Waals surface area (Å²) in [5.74, 6) is 1.18. The molecule has 0 radical (unpaired) electrons. The van der Waals surface area contributed by atoms with E-state index in [2.05, 4.69) is 25.9 Å². The maximum atomic E-state index is 11.9. The molecule has 7 nitrogen and oxygen atoms in total. The fourth-order valence-electron chi connectivity index (χ4n) is 2.35. The summed E-state index contributed by atoms with van der Waals surface area (Å²) < 4.78 is 5.55. The van der Waals surface area contributed by atoms with Crippen LogP contribution >= 0.6 is 24.0 Å². The number of nitrogens with zero attached hydrogens (tertiary/aromatic N) is 2. The first-order chi connectivity index (χ1) is 11.2. The number of aryl methyl sites for hydroxylation is 1. The molecule has 1 aromatic heterocycles.